The molecule has 4 rings (SSSR count). The van der Waals surface area contributed by atoms with Crippen molar-refractivity contribution in [2.45, 2.75) is 6.61 Å². The summed E-state index contributed by atoms with van der Waals surface area (Å²) in [6, 6.07) is 20.3. The summed E-state index contributed by atoms with van der Waals surface area (Å²) in [5, 5.41) is 1.24. The summed E-state index contributed by atoms with van der Waals surface area (Å²) in [5.41, 5.74) is 4.83. The molecule has 3 aromatic carbocycles. The van der Waals surface area contributed by atoms with Crippen molar-refractivity contribution in [2.75, 3.05) is 5.01 Å². The fraction of sp³-hybridized carbons (Fsp3) is 0.0435. The number of nitrogens with one attached hydrogen (secondary N) is 1. The van der Waals surface area contributed by atoms with E-state index in [1.807, 2.05) is 36.4 Å². The van der Waals surface area contributed by atoms with E-state index in [1.165, 1.54) is 5.01 Å². The van der Waals surface area contributed by atoms with Crippen LogP contribution in [0.2, 0.25) is 0 Å². The van der Waals surface area contributed by atoms with Gasteiger partial charge in [0.2, 0.25) is 0 Å². The highest BCUT2D eigenvalue weighted by Crippen LogP contribution is 2.30. The third-order valence-electron chi connectivity index (χ3n) is 4.58. The Morgan fingerprint density at radius 3 is 2.35 bits per heavy atom. The Morgan fingerprint density at radius 2 is 1.61 bits per heavy atom. The number of amides is 2. The third-order valence-corrected chi connectivity index (χ3v) is 6.30. The molecule has 0 unspecified atom stereocenters. The van der Waals surface area contributed by atoms with E-state index in [1.54, 1.807) is 36.4 Å². The maximum atomic E-state index is 12.9. The number of nitrogens with zero attached hydrogens (tertiary/aromatic N) is 1. The zero-order valence-corrected chi connectivity index (χ0v) is 20.7. The van der Waals surface area contributed by atoms with Crippen LogP contribution in [0.15, 0.2) is 85.7 Å². The van der Waals surface area contributed by atoms with E-state index in [0.717, 1.165) is 19.0 Å². The summed E-state index contributed by atoms with van der Waals surface area (Å²) in [7, 11) is 0. The minimum Gasteiger partial charge on any atom is -0.488 e. The van der Waals surface area contributed by atoms with Crippen LogP contribution >= 0.6 is 47.8 Å². The second-order valence-electron chi connectivity index (χ2n) is 6.68. The van der Waals surface area contributed by atoms with Crippen LogP contribution in [0.25, 0.3) is 6.08 Å². The van der Waals surface area contributed by atoms with Gasteiger partial charge in [0.05, 0.1) is 5.69 Å². The molecule has 0 atom stereocenters. The van der Waals surface area contributed by atoms with Gasteiger partial charge < -0.3 is 4.74 Å². The van der Waals surface area contributed by atoms with Crippen molar-refractivity contribution in [3.63, 3.8) is 0 Å². The first-order valence-electron chi connectivity index (χ1n) is 9.21. The molecule has 0 radical (unpaired) electrons. The largest absolute Gasteiger partial charge is 0.488 e. The van der Waals surface area contributed by atoms with E-state index < -0.39 is 11.8 Å². The normalized spacial score (nSPS) is 14.8. The van der Waals surface area contributed by atoms with E-state index in [9.17, 15) is 9.59 Å². The van der Waals surface area contributed by atoms with Gasteiger partial charge in [-0.15, -0.1) is 0 Å². The van der Waals surface area contributed by atoms with E-state index in [4.69, 9.17) is 4.74 Å². The van der Waals surface area contributed by atoms with Crippen LogP contribution in [0.3, 0.4) is 0 Å². The van der Waals surface area contributed by atoms with Crippen molar-refractivity contribution in [2.24, 2.45) is 0 Å². The van der Waals surface area contributed by atoms with Crippen molar-refractivity contribution >= 4 is 71.4 Å². The number of para-hydroxylation sites is 1. The molecule has 1 aliphatic heterocycles. The number of anilines is 1. The summed E-state index contributed by atoms with van der Waals surface area (Å²) in [6.45, 7) is 0.321. The number of benzene rings is 3. The van der Waals surface area contributed by atoms with Gasteiger partial charge in [-0.2, -0.15) is 0 Å². The minimum absolute atomic E-state index is 0.0385. The Bertz CT molecular complexity index is 1200. The summed E-state index contributed by atoms with van der Waals surface area (Å²) >= 11 is 10.4. The van der Waals surface area contributed by atoms with E-state index in [-0.39, 0.29) is 5.57 Å². The van der Waals surface area contributed by atoms with Crippen LogP contribution in [-0.4, -0.2) is 11.8 Å². The van der Waals surface area contributed by atoms with Gasteiger partial charge in [-0.25, -0.2) is 5.01 Å². The highest BCUT2D eigenvalue weighted by molar-refractivity contribution is 9.11. The lowest BCUT2D eigenvalue weighted by Gasteiger charge is -2.14. The first-order valence-corrected chi connectivity index (χ1v) is 11.6. The lowest BCUT2D eigenvalue weighted by atomic mass is 10.1. The molecule has 1 aliphatic rings. The van der Waals surface area contributed by atoms with Gasteiger partial charge in [0, 0.05) is 24.5 Å². The standard InChI is InChI=1S/C23H15Br3N2O3/c24-16-8-9-21(31-13-14-6-7-17(25)12-20(14)26)15(10-16)11-19-22(29)27-28(23(19)30)18-4-2-1-3-5-18/h1-12H,13H2,(H,27,29)/b19-11-. The topological polar surface area (TPSA) is 58.6 Å². The third kappa shape index (κ3) is 4.92. The molecule has 1 N–H and O–H groups in total. The van der Waals surface area contributed by atoms with Crippen molar-refractivity contribution < 1.29 is 14.3 Å². The lowest BCUT2D eigenvalue weighted by Crippen LogP contribution is -2.35. The smallest absolute Gasteiger partial charge is 0.282 e. The fourth-order valence-corrected chi connectivity index (χ4v) is 4.57. The molecule has 1 heterocycles. The molecule has 8 heteroatoms. The van der Waals surface area contributed by atoms with E-state index in [0.29, 0.717) is 23.6 Å². The minimum atomic E-state index is -0.463. The molecule has 3 aromatic rings. The average Bonchev–Trinajstić information content (AvgIpc) is 3.03. The van der Waals surface area contributed by atoms with Gasteiger partial charge in [-0.1, -0.05) is 72.1 Å². The zero-order valence-electron chi connectivity index (χ0n) is 15.9. The van der Waals surface area contributed by atoms with Crippen molar-refractivity contribution in [3.8, 4) is 5.75 Å². The van der Waals surface area contributed by atoms with Crippen molar-refractivity contribution in [1.29, 1.82) is 0 Å². The molecule has 1 fully saturated rings. The molecule has 0 saturated carbocycles. The predicted octanol–water partition coefficient (Wildman–Crippen LogP) is 6.01. The van der Waals surface area contributed by atoms with Gasteiger partial charge in [-0.3, -0.25) is 15.0 Å². The number of hydrogen-bond donors (Lipinski definition) is 1. The Labute approximate surface area is 204 Å². The number of hydrogen-bond acceptors (Lipinski definition) is 3. The highest BCUT2D eigenvalue weighted by atomic mass is 79.9. The molecule has 0 bridgehead atoms. The Hall–Kier alpha value is -2.42. The molecule has 1 saturated heterocycles. The van der Waals surface area contributed by atoms with Crippen LogP contribution in [0.1, 0.15) is 11.1 Å². The number of rotatable bonds is 5. The predicted molar refractivity (Wildman–Crippen MR) is 130 cm³/mol. The molecular formula is C23H15Br3N2O3. The molecule has 0 spiro atoms. The second kappa shape index (κ2) is 9.38. The summed E-state index contributed by atoms with van der Waals surface area (Å²) < 4.78 is 8.71. The molecule has 156 valence electrons. The maximum absolute atomic E-state index is 12.9. The Kier molecular flexibility index (Phi) is 6.60. The fourth-order valence-electron chi connectivity index (χ4n) is 3.03. The quantitative estimate of drug-likeness (QED) is 0.286. The van der Waals surface area contributed by atoms with Crippen molar-refractivity contribution in [1.82, 2.24) is 5.43 Å². The van der Waals surface area contributed by atoms with Crippen LogP contribution in [-0.2, 0) is 16.2 Å². The molecule has 31 heavy (non-hydrogen) atoms. The van der Waals surface area contributed by atoms with Gasteiger partial charge >= 0.3 is 0 Å². The molecule has 2 amide bonds. The van der Waals surface area contributed by atoms with Gasteiger partial charge in [0.1, 0.15) is 17.9 Å². The number of hydrazine groups is 1. The monoisotopic (exact) mass is 604 g/mol. The number of carbonyl (C=O) groups is 2. The van der Waals surface area contributed by atoms with Crippen molar-refractivity contribution in [3.05, 3.63) is 96.8 Å². The molecule has 0 aliphatic carbocycles. The van der Waals surface area contributed by atoms with Crippen LogP contribution in [0, 0.1) is 0 Å². The average molecular weight is 607 g/mol. The Morgan fingerprint density at radius 1 is 0.903 bits per heavy atom. The summed E-state index contributed by atoms with van der Waals surface area (Å²) in [6.07, 6.45) is 1.55. The van der Waals surface area contributed by atoms with Gasteiger partial charge in [-0.05, 0) is 48.5 Å². The van der Waals surface area contributed by atoms with Crippen LogP contribution in [0.5, 0.6) is 5.75 Å². The van der Waals surface area contributed by atoms with Gasteiger partial charge in [0.25, 0.3) is 11.8 Å². The van der Waals surface area contributed by atoms with E-state index in [2.05, 4.69) is 53.2 Å². The molecule has 0 aromatic heterocycles. The number of ether oxygens (including phenoxy) is 1. The SMILES string of the molecule is O=C1NN(c2ccccc2)C(=O)/C1=C\c1cc(Br)ccc1OCc1ccc(Br)cc1Br. The van der Waals surface area contributed by atoms with Gasteiger partial charge in [0.15, 0.2) is 0 Å². The molecule has 5 nitrogen and oxygen atoms in total. The Balaban J connectivity index is 1.62. The highest BCUT2D eigenvalue weighted by Gasteiger charge is 2.34. The number of halogens is 3. The summed E-state index contributed by atoms with van der Waals surface area (Å²) in [5.74, 6) is -0.322. The lowest BCUT2D eigenvalue weighted by molar-refractivity contribution is -0.117. The summed E-state index contributed by atoms with van der Waals surface area (Å²) in [4.78, 5) is 25.4. The van der Waals surface area contributed by atoms with E-state index >= 15 is 0 Å². The first-order chi connectivity index (χ1) is 14.9. The second-order valence-corrected chi connectivity index (χ2v) is 9.37. The number of carbonyl (C=O) groups excluding carboxylic acids is 2. The maximum Gasteiger partial charge on any atom is 0.282 e. The first kappa shape index (κ1) is 21.8. The van der Waals surface area contributed by atoms with Crippen LogP contribution < -0.4 is 15.2 Å². The van der Waals surface area contributed by atoms with Crippen LogP contribution in [0.4, 0.5) is 5.69 Å². The molecular weight excluding hydrogens is 592 g/mol. The zero-order chi connectivity index (χ0) is 22.0.